The molecule has 5 heteroatoms. The van der Waals surface area contributed by atoms with Crippen molar-refractivity contribution in [3.8, 4) is 0 Å². The van der Waals surface area contributed by atoms with Crippen LogP contribution in [-0.4, -0.2) is 12.5 Å². The van der Waals surface area contributed by atoms with Crippen molar-refractivity contribution in [2.75, 3.05) is 0 Å². The molecule has 0 spiro atoms. The van der Waals surface area contributed by atoms with Gasteiger partial charge in [-0.25, -0.2) is 0 Å². The molecule has 1 nitrogen and oxygen atoms in total. The summed E-state index contributed by atoms with van der Waals surface area (Å²) >= 11 is 0. The molecular formula is C2CeF3O. The van der Waals surface area contributed by atoms with Gasteiger partial charge in [-0.05, 0) is 0 Å². The predicted molar refractivity (Wildman–Crippen MR) is 11.7 cm³/mol. The fourth-order valence-corrected chi connectivity index (χ4v) is 0. The minimum absolute atomic E-state index is 0. The van der Waals surface area contributed by atoms with Crippen molar-refractivity contribution >= 4 is 6.29 Å². The molecule has 0 aromatic carbocycles. The molecule has 1 radical (unpaired) electrons. The van der Waals surface area contributed by atoms with Crippen LogP contribution in [0.1, 0.15) is 0 Å². The standard InChI is InChI=1S/C2F3O.Ce/c3-2(4,5)1-6;. The third-order valence-corrected chi connectivity index (χ3v) is 0.116. The fraction of sp³-hybridized carbons (Fsp3) is 0.500. The molecule has 39 valence electrons. The SMILES string of the molecule is O=[C]C(F)(F)F.[Ce]. The van der Waals surface area contributed by atoms with Crippen molar-refractivity contribution in [1.29, 1.82) is 0 Å². The van der Waals surface area contributed by atoms with Crippen molar-refractivity contribution in [2.24, 2.45) is 0 Å². The van der Waals surface area contributed by atoms with Crippen LogP contribution in [0.5, 0.6) is 0 Å². The number of carbonyl (C=O) groups excluding carboxylic acids is 1. The van der Waals surface area contributed by atoms with Gasteiger partial charge >= 0.3 is 12.5 Å². The molecular weight excluding hydrogens is 237 g/mol. The molecule has 0 aliphatic heterocycles. The second kappa shape index (κ2) is 3.79. The fourth-order valence-electron chi connectivity index (χ4n) is 0. The molecule has 0 unspecified atom stereocenters. The van der Waals surface area contributed by atoms with E-state index in [2.05, 4.69) is 0 Å². The monoisotopic (exact) mass is 237 g/mol. The second-order valence-corrected chi connectivity index (χ2v) is 0.600. The van der Waals surface area contributed by atoms with Crippen LogP contribution in [0.15, 0.2) is 0 Å². The Balaban J connectivity index is 0. The van der Waals surface area contributed by atoms with Crippen LogP contribution in [0.2, 0.25) is 0 Å². The van der Waals surface area contributed by atoms with Gasteiger partial charge in [0, 0.05) is 41.7 Å². The van der Waals surface area contributed by atoms with Crippen LogP contribution in [0.3, 0.4) is 0 Å². The Morgan fingerprint density at radius 2 is 1.43 bits per heavy atom. The van der Waals surface area contributed by atoms with Gasteiger partial charge in [-0.1, -0.05) is 0 Å². The van der Waals surface area contributed by atoms with E-state index in [1.807, 2.05) is 0 Å². The van der Waals surface area contributed by atoms with Gasteiger partial charge in [0.05, 0.1) is 0 Å². The summed E-state index contributed by atoms with van der Waals surface area (Å²) < 4.78 is 31.1. The summed E-state index contributed by atoms with van der Waals surface area (Å²) in [5.41, 5.74) is 0. The number of hydrogen-bond donors (Lipinski definition) is 0. The average molecular weight is 237 g/mol. The van der Waals surface area contributed by atoms with E-state index in [9.17, 15) is 13.2 Å². The molecule has 0 rings (SSSR count). The summed E-state index contributed by atoms with van der Waals surface area (Å²) in [7, 11) is 0. The summed E-state index contributed by atoms with van der Waals surface area (Å²) in [5, 5.41) is 0. The Morgan fingerprint density at radius 3 is 1.43 bits per heavy atom. The largest absolute Gasteiger partial charge is 0.458 e. The molecule has 0 saturated carbocycles. The zero-order valence-corrected chi connectivity index (χ0v) is 6.18. The normalized spacial score (nSPS) is 9.57. The van der Waals surface area contributed by atoms with Gasteiger partial charge in [-0.3, -0.25) is 4.79 Å². The Kier molecular flexibility index (Phi) is 5.83. The summed E-state index contributed by atoms with van der Waals surface area (Å²) in [6.45, 7) is 0. The first-order chi connectivity index (χ1) is 2.56. The first-order valence-electron chi connectivity index (χ1n) is 1.02. The van der Waals surface area contributed by atoms with E-state index in [-0.39, 0.29) is 48.0 Å². The minimum atomic E-state index is -4.76. The van der Waals surface area contributed by atoms with Crippen LogP contribution < -0.4 is 0 Å². The predicted octanol–water partition coefficient (Wildman–Crippen LogP) is 0.658. The van der Waals surface area contributed by atoms with Gasteiger partial charge in [0.25, 0.3) is 0 Å². The number of alkyl halides is 3. The molecule has 0 heterocycles. The number of halogens is 3. The molecule has 0 N–H and O–H groups in total. The summed E-state index contributed by atoms with van der Waals surface area (Å²) in [5.74, 6) is 0. The molecule has 0 fully saturated rings. The van der Waals surface area contributed by atoms with Crippen LogP contribution in [0, 0.1) is 41.7 Å². The summed E-state index contributed by atoms with van der Waals surface area (Å²) in [6, 6.07) is 0. The molecule has 0 atom stereocenters. The average Bonchev–Trinajstić information content (AvgIpc) is 1.35. The molecule has 0 aliphatic rings. The molecule has 0 aromatic rings. The molecule has 0 saturated heterocycles. The molecule has 0 aromatic heterocycles. The molecule has 0 aliphatic carbocycles. The van der Waals surface area contributed by atoms with Gasteiger partial charge in [-0.15, -0.1) is 0 Å². The maximum Gasteiger partial charge on any atom is 0.458 e. The van der Waals surface area contributed by atoms with Gasteiger partial charge in [-0.2, -0.15) is 13.2 Å². The Morgan fingerprint density at radius 1 is 1.29 bits per heavy atom. The smallest absolute Gasteiger partial charge is 0.280 e. The van der Waals surface area contributed by atoms with Crippen molar-refractivity contribution in [3.05, 3.63) is 0 Å². The van der Waals surface area contributed by atoms with Crippen LogP contribution >= 0.6 is 0 Å². The number of hydrogen-bond acceptors (Lipinski definition) is 1. The van der Waals surface area contributed by atoms with Gasteiger partial charge in [0.1, 0.15) is 0 Å². The van der Waals surface area contributed by atoms with E-state index in [0.717, 1.165) is 0 Å². The minimum Gasteiger partial charge on any atom is -0.280 e. The van der Waals surface area contributed by atoms with Crippen molar-refractivity contribution < 1.29 is 59.7 Å². The zero-order chi connectivity index (χ0) is 5.21. The maximum atomic E-state index is 10.4. The van der Waals surface area contributed by atoms with E-state index < -0.39 is 6.18 Å². The molecule has 7 heavy (non-hydrogen) atoms. The first kappa shape index (κ1) is 10.8. The van der Waals surface area contributed by atoms with E-state index in [1.54, 1.807) is 0 Å². The molecule has 0 bridgehead atoms. The maximum absolute atomic E-state index is 10.4. The summed E-state index contributed by atoms with van der Waals surface area (Å²) in [6.07, 6.45) is -4.91. The molecule has 0 amide bonds. The van der Waals surface area contributed by atoms with E-state index in [0.29, 0.717) is 0 Å². The topological polar surface area (TPSA) is 17.1 Å². The first-order valence-corrected chi connectivity index (χ1v) is 1.02. The van der Waals surface area contributed by atoms with Crippen molar-refractivity contribution in [3.63, 3.8) is 0 Å². The van der Waals surface area contributed by atoms with Gasteiger partial charge in [0.2, 0.25) is 0 Å². The Labute approximate surface area is 71.6 Å². The summed E-state index contributed by atoms with van der Waals surface area (Å²) in [4.78, 5) is 8.58. The Bertz CT molecular complexity index is 58.4. The zero-order valence-electron chi connectivity index (χ0n) is 3.04. The van der Waals surface area contributed by atoms with E-state index >= 15 is 0 Å². The van der Waals surface area contributed by atoms with Crippen LogP contribution in [0.25, 0.3) is 0 Å². The van der Waals surface area contributed by atoms with Crippen LogP contribution in [0.4, 0.5) is 13.2 Å². The quantitative estimate of drug-likeness (QED) is 0.604. The van der Waals surface area contributed by atoms with Crippen molar-refractivity contribution in [1.82, 2.24) is 0 Å². The number of rotatable bonds is 0. The van der Waals surface area contributed by atoms with Crippen LogP contribution in [-0.2, 0) is 4.79 Å². The van der Waals surface area contributed by atoms with Gasteiger partial charge < -0.3 is 0 Å². The van der Waals surface area contributed by atoms with Gasteiger partial charge in [0.15, 0.2) is 0 Å². The van der Waals surface area contributed by atoms with Crippen molar-refractivity contribution in [2.45, 2.75) is 6.18 Å². The Hall–Kier alpha value is 0.837. The van der Waals surface area contributed by atoms with E-state index in [4.69, 9.17) is 4.79 Å². The third kappa shape index (κ3) is 10.9. The third-order valence-electron chi connectivity index (χ3n) is 0.116. The second-order valence-electron chi connectivity index (χ2n) is 0.600. The van der Waals surface area contributed by atoms with E-state index in [1.165, 1.54) is 0 Å².